The van der Waals surface area contributed by atoms with Gasteiger partial charge in [-0.1, -0.05) is 24.3 Å². The summed E-state index contributed by atoms with van der Waals surface area (Å²) in [6.07, 6.45) is 3.70. The molecule has 0 unspecified atom stereocenters. The number of hydrogen-bond acceptors (Lipinski definition) is 3. The van der Waals surface area contributed by atoms with Crippen LogP contribution in [0.15, 0.2) is 24.3 Å². The van der Waals surface area contributed by atoms with Crippen molar-refractivity contribution in [1.82, 2.24) is 5.32 Å². The van der Waals surface area contributed by atoms with Crippen molar-refractivity contribution in [3.8, 4) is 0 Å². The summed E-state index contributed by atoms with van der Waals surface area (Å²) >= 11 is 0. The predicted molar refractivity (Wildman–Crippen MR) is 89.3 cm³/mol. The molecule has 1 saturated carbocycles. The van der Waals surface area contributed by atoms with Gasteiger partial charge in [-0.05, 0) is 43.7 Å². The zero-order valence-electron chi connectivity index (χ0n) is 13.0. The van der Waals surface area contributed by atoms with E-state index in [-0.39, 0.29) is 35.9 Å². The summed E-state index contributed by atoms with van der Waals surface area (Å²) in [5.74, 6) is 0.0193. The van der Waals surface area contributed by atoms with Crippen LogP contribution in [0.2, 0.25) is 0 Å². The first-order chi connectivity index (χ1) is 10.1. The standard InChI is InChI=1S/C17H24N2O2.ClH/c1-12-4-2-3-5-14(12)17(8-9-17)11-19-16(20)15-7-6-13(10-18)21-15;/h2-5,13,15H,6-11,18H2,1H3,(H,19,20);1H/t13-,15+;/m1./s1. The van der Waals surface area contributed by atoms with Crippen molar-refractivity contribution in [2.24, 2.45) is 5.73 Å². The molecule has 4 nitrogen and oxygen atoms in total. The quantitative estimate of drug-likeness (QED) is 0.871. The van der Waals surface area contributed by atoms with Gasteiger partial charge in [0.2, 0.25) is 5.91 Å². The Bertz CT molecular complexity index is 531. The summed E-state index contributed by atoms with van der Waals surface area (Å²) in [6, 6.07) is 8.47. The van der Waals surface area contributed by atoms with E-state index >= 15 is 0 Å². The Morgan fingerprint density at radius 1 is 1.36 bits per heavy atom. The Labute approximate surface area is 138 Å². The van der Waals surface area contributed by atoms with Gasteiger partial charge in [0.25, 0.3) is 0 Å². The van der Waals surface area contributed by atoms with Crippen molar-refractivity contribution in [1.29, 1.82) is 0 Å². The molecular formula is C17H25ClN2O2. The van der Waals surface area contributed by atoms with E-state index < -0.39 is 0 Å². The maximum absolute atomic E-state index is 12.2. The molecule has 1 aliphatic heterocycles. The molecule has 122 valence electrons. The van der Waals surface area contributed by atoms with E-state index in [1.54, 1.807) is 0 Å². The molecule has 2 aliphatic rings. The lowest BCUT2D eigenvalue weighted by molar-refractivity contribution is -0.131. The van der Waals surface area contributed by atoms with Crippen LogP contribution in [0.3, 0.4) is 0 Å². The molecule has 0 radical (unpaired) electrons. The first kappa shape index (κ1) is 17.3. The topological polar surface area (TPSA) is 64.4 Å². The van der Waals surface area contributed by atoms with Crippen LogP contribution in [0.25, 0.3) is 0 Å². The maximum atomic E-state index is 12.2. The van der Waals surface area contributed by atoms with Gasteiger partial charge in [-0.15, -0.1) is 12.4 Å². The van der Waals surface area contributed by atoms with Gasteiger partial charge in [-0.2, -0.15) is 0 Å². The highest BCUT2D eigenvalue weighted by atomic mass is 35.5. The predicted octanol–water partition coefficient (Wildman–Crippen LogP) is 2.07. The highest BCUT2D eigenvalue weighted by molar-refractivity contribution is 5.85. The molecule has 22 heavy (non-hydrogen) atoms. The van der Waals surface area contributed by atoms with Crippen LogP contribution in [0, 0.1) is 6.92 Å². The summed E-state index contributed by atoms with van der Waals surface area (Å²) in [6.45, 7) is 3.35. The van der Waals surface area contributed by atoms with Gasteiger partial charge in [0.1, 0.15) is 6.10 Å². The number of aryl methyl sites for hydroxylation is 1. The lowest BCUT2D eigenvalue weighted by Crippen LogP contribution is -2.39. The fraction of sp³-hybridized carbons (Fsp3) is 0.588. The Morgan fingerprint density at radius 2 is 2.09 bits per heavy atom. The van der Waals surface area contributed by atoms with Gasteiger partial charge in [0, 0.05) is 18.5 Å². The Balaban J connectivity index is 0.00000176. The average Bonchev–Trinajstić information content (AvgIpc) is 3.12. The largest absolute Gasteiger partial charge is 0.364 e. The Kier molecular flexibility index (Phi) is 5.48. The number of amides is 1. The van der Waals surface area contributed by atoms with E-state index in [0.717, 1.165) is 25.7 Å². The second-order valence-electron chi connectivity index (χ2n) is 6.37. The molecule has 1 aromatic rings. The molecule has 3 N–H and O–H groups in total. The molecule has 1 aliphatic carbocycles. The second kappa shape index (κ2) is 6.99. The van der Waals surface area contributed by atoms with Crippen LogP contribution in [-0.2, 0) is 14.9 Å². The van der Waals surface area contributed by atoms with Gasteiger partial charge in [-0.3, -0.25) is 4.79 Å². The number of hydrogen-bond donors (Lipinski definition) is 2. The molecule has 2 fully saturated rings. The monoisotopic (exact) mass is 324 g/mol. The number of rotatable bonds is 5. The summed E-state index contributed by atoms with van der Waals surface area (Å²) < 4.78 is 5.65. The van der Waals surface area contributed by atoms with Crippen molar-refractivity contribution < 1.29 is 9.53 Å². The van der Waals surface area contributed by atoms with E-state index in [1.807, 2.05) is 0 Å². The molecule has 1 amide bonds. The number of nitrogens with one attached hydrogen (secondary N) is 1. The molecule has 1 heterocycles. The molecule has 0 spiro atoms. The summed E-state index contributed by atoms with van der Waals surface area (Å²) in [4.78, 5) is 12.2. The molecule has 3 rings (SSSR count). The van der Waals surface area contributed by atoms with Crippen molar-refractivity contribution >= 4 is 18.3 Å². The van der Waals surface area contributed by atoms with E-state index in [9.17, 15) is 4.79 Å². The SMILES string of the molecule is Cc1ccccc1C1(CNC(=O)[C@@H]2CC[C@H](CN)O2)CC1.Cl. The number of nitrogens with two attached hydrogens (primary N) is 1. The summed E-state index contributed by atoms with van der Waals surface area (Å²) in [5, 5.41) is 3.09. The van der Waals surface area contributed by atoms with Crippen LogP contribution in [0.1, 0.15) is 36.8 Å². The number of carbonyl (C=O) groups excluding carboxylic acids is 1. The second-order valence-corrected chi connectivity index (χ2v) is 6.37. The van der Waals surface area contributed by atoms with Crippen molar-refractivity contribution in [2.45, 2.75) is 50.2 Å². The third kappa shape index (κ3) is 3.45. The number of ether oxygens (including phenoxy) is 1. The highest BCUT2D eigenvalue weighted by Crippen LogP contribution is 2.48. The van der Waals surface area contributed by atoms with E-state index in [4.69, 9.17) is 10.5 Å². The lowest BCUT2D eigenvalue weighted by Gasteiger charge is -2.20. The van der Waals surface area contributed by atoms with Crippen LogP contribution < -0.4 is 11.1 Å². The average molecular weight is 325 g/mol. The lowest BCUT2D eigenvalue weighted by atomic mass is 9.92. The van der Waals surface area contributed by atoms with E-state index in [1.165, 1.54) is 11.1 Å². The highest BCUT2D eigenvalue weighted by Gasteiger charge is 2.45. The minimum atomic E-state index is -0.314. The van der Waals surface area contributed by atoms with Crippen LogP contribution in [0.4, 0.5) is 0 Å². The summed E-state index contributed by atoms with van der Waals surface area (Å²) in [7, 11) is 0. The van der Waals surface area contributed by atoms with E-state index in [0.29, 0.717) is 13.1 Å². The minimum Gasteiger partial charge on any atom is -0.364 e. The summed E-state index contributed by atoms with van der Waals surface area (Å²) in [5.41, 5.74) is 8.41. The molecule has 1 aromatic carbocycles. The number of benzene rings is 1. The normalized spacial score (nSPS) is 25.4. The zero-order chi connectivity index (χ0) is 14.9. The molecule has 0 aromatic heterocycles. The Morgan fingerprint density at radius 3 is 2.68 bits per heavy atom. The number of carbonyl (C=O) groups is 1. The van der Waals surface area contributed by atoms with Crippen LogP contribution in [0.5, 0.6) is 0 Å². The number of halogens is 1. The smallest absolute Gasteiger partial charge is 0.249 e. The van der Waals surface area contributed by atoms with Crippen LogP contribution >= 0.6 is 12.4 Å². The van der Waals surface area contributed by atoms with Crippen LogP contribution in [-0.4, -0.2) is 31.2 Å². The van der Waals surface area contributed by atoms with Gasteiger partial charge in [0.15, 0.2) is 0 Å². The van der Waals surface area contributed by atoms with Crippen molar-refractivity contribution in [3.05, 3.63) is 35.4 Å². The third-order valence-electron chi connectivity index (χ3n) is 4.83. The zero-order valence-corrected chi connectivity index (χ0v) is 13.8. The molecule has 2 atom stereocenters. The molecule has 5 heteroatoms. The van der Waals surface area contributed by atoms with Gasteiger partial charge < -0.3 is 15.8 Å². The van der Waals surface area contributed by atoms with Crippen molar-refractivity contribution in [3.63, 3.8) is 0 Å². The third-order valence-corrected chi connectivity index (χ3v) is 4.83. The Hall–Kier alpha value is -1.10. The van der Waals surface area contributed by atoms with Gasteiger partial charge in [0.05, 0.1) is 6.10 Å². The molecule has 0 bridgehead atoms. The fourth-order valence-electron chi connectivity index (χ4n) is 3.30. The first-order valence-corrected chi connectivity index (χ1v) is 7.84. The first-order valence-electron chi connectivity index (χ1n) is 7.84. The van der Waals surface area contributed by atoms with Crippen molar-refractivity contribution in [2.75, 3.05) is 13.1 Å². The molecular weight excluding hydrogens is 300 g/mol. The molecule has 1 saturated heterocycles. The van der Waals surface area contributed by atoms with E-state index in [2.05, 4.69) is 36.5 Å². The minimum absolute atomic E-state index is 0. The van der Waals surface area contributed by atoms with Gasteiger partial charge in [-0.25, -0.2) is 0 Å². The van der Waals surface area contributed by atoms with Gasteiger partial charge >= 0.3 is 0 Å². The fourth-order valence-corrected chi connectivity index (χ4v) is 3.30. The maximum Gasteiger partial charge on any atom is 0.249 e.